The summed E-state index contributed by atoms with van der Waals surface area (Å²) in [6, 6.07) is 1.73. The van der Waals surface area contributed by atoms with Crippen LogP contribution < -0.4 is 5.32 Å². The lowest BCUT2D eigenvalue weighted by atomic mass is 10.1. The summed E-state index contributed by atoms with van der Waals surface area (Å²) < 4.78 is 27.1. The molecule has 1 unspecified atom stereocenters. The molecule has 1 N–H and O–H groups in total. The van der Waals surface area contributed by atoms with Crippen molar-refractivity contribution < 1.29 is 13.6 Å². The van der Waals surface area contributed by atoms with Crippen molar-refractivity contribution in [3.63, 3.8) is 0 Å². The summed E-state index contributed by atoms with van der Waals surface area (Å²) in [6.45, 7) is 1.21. The molecule has 1 aliphatic heterocycles. The van der Waals surface area contributed by atoms with Crippen LogP contribution in [-0.4, -0.2) is 37.0 Å². The Hall–Kier alpha value is -1.20. The molecule has 6 heteroatoms. The molecule has 104 valence electrons. The molecule has 0 radical (unpaired) electrons. The molecule has 0 aliphatic carbocycles. The van der Waals surface area contributed by atoms with Crippen molar-refractivity contribution in [1.29, 1.82) is 0 Å². The van der Waals surface area contributed by atoms with Crippen molar-refractivity contribution in [3.05, 3.63) is 34.4 Å². The van der Waals surface area contributed by atoms with E-state index in [0.29, 0.717) is 13.1 Å². The summed E-state index contributed by atoms with van der Waals surface area (Å²) in [6.07, 6.45) is 1.74. The van der Waals surface area contributed by atoms with Gasteiger partial charge in [-0.2, -0.15) is 0 Å². The van der Waals surface area contributed by atoms with E-state index in [1.54, 1.807) is 11.9 Å². The fraction of sp³-hybridized carbons (Fsp3) is 0.462. The molecule has 0 aromatic heterocycles. The first-order valence-corrected chi connectivity index (χ1v) is 6.52. The fourth-order valence-electron chi connectivity index (χ4n) is 2.39. The minimum atomic E-state index is -0.786. The van der Waals surface area contributed by atoms with Crippen molar-refractivity contribution in [1.82, 2.24) is 10.2 Å². The van der Waals surface area contributed by atoms with Crippen LogP contribution in [-0.2, 0) is 0 Å². The van der Waals surface area contributed by atoms with E-state index in [9.17, 15) is 13.6 Å². The second-order valence-electron chi connectivity index (χ2n) is 4.60. The van der Waals surface area contributed by atoms with E-state index >= 15 is 0 Å². The number of amides is 1. The quantitative estimate of drug-likeness (QED) is 0.867. The Morgan fingerprint density at radius 2 is 2.21 bits per heavy atom. The SMILES string of the molecule is CNCC1CCCN1C(=O)c1cc(F)c(Cl)cc1F. The third-order valence-electron chi connectivity index (χ3n) is 3.32. The second kappa shape index (κ2) is 5.84. The summed E-state index contributed by atoms with van der Waals surface area (Å²) in [5, 5.41) is 2.68. The lowest BCUT2D eigenvalue weighted by molar-refractivity contribution is 0.0732. The van der Waals surface area contributed by atoms with Crippen LogP contribution in [0.5, 0.6) is 0 Å². The van der Waals surface area contributed by atoms with Gasteiger partial charge in [0.1, 0.15) is 11.6 Å². The predicted molar refractivity (Wildman–Crippen MR) is 69.4 cm³/mol. The van der Waals surface area contributed by atoms with Gasteiger partial charge in [-0.05, 0) is 32.0 Å². The van der Waals surface area contributed by atoms with E-state index in [2.05, 4.69) is 5.32 Å². The molecule has 19 heavy (non-hydrogen) atoms. The summed E-state index contributed by atoms with van der Waals surface area (Å²) in [5.74, 6) is -2.05. The zero-order chi connectivity index (χ0) is 14.0. The van der Waals surface area contributed by atoms with Crippen molar-refractivity contribution in [2.75, 3.05) is 20.1 Å². The first-order chi connectivity index (χ1) is 9.04. The molecular formula is C13H15ClF2N2O. The number of carbonyl (C=O) groups is 1. The largest absolute Gasteiger partial charge is 0.334 e. The van der Waals surface area contributed by atoms with Gasteiger partial charge in [0.05, 0.1) is 10.6 Å². The number of nitrogens with zero attached hydrogens (tertiary/aromatic N) is 1. The number of benzene rings is 1. The Balaban J connectivity index is 2.26. The number of halogens is 3. The van der Waals surface area contributed by atoms with Gasteiger partial charge in [-0.25, -0.2) is 8.78 Å². The summed E-state index contributed by atoms with van der Waals surface area (Å²) in [5.41, 5.74) is -0.259. The van der Waals surface area contributed by atoms with Crippen LogP contribution in [0, 0.1) is 11.6 Å². The van der Waals surface area contributed by atoms with Gasteiger partial charge in [0.25, 0.3) is 5.91 Å². The van der Waals surface area contributed by atoms with Crippen molar-refractivity contribution in [3.8, 4) is 0 Å². The molecule has 1 heterocycles. The topological polar surface area (TPSA) is 32.3 Å². The van der Waals surface area contributed by atoms with Crippen LogP contribution >= 0.6 is 11.6 Å². The molecule has 0 saturated carbocycles. The first-order valence-electron chi connectivity index (χ1n) is 6.14. The summed E-state index contributed by atoms with van der Waals surface area (Å²) >= 11 is 5.48. The van der Waals surface area contributed by atoms with Crippen molar-refractivity contribution >= 4 is 17.5 Å². The van der Waals surface area contributed by atoms with Gasteiger partial charge in [-0.15, -0.1) is 0 Å². The molecule has 1 atom stereocenters. The maximum absolute atomic E-state index is 13.7. The lowest BCUT2D eigenvalue weighted by Gasteiger charge is -2.24. The standard InChI is InChI=1S/C13H15ClF2N2O/c1-17-7-8-3-2-4-18(8)13(19)9-5-12(16)10(14)6-11(9)15/h5-6,8,17H,2-4,7H2,1H3. The minimum absolute atomic E-state index is 0.0237. The number of hydrogen-bond donors (Lipinski definition) is 1. The molecule has 1 saturated heterocycles. The van der Waals surface area contributed by atoms with Crippen LogP contribution in [0.1, 0.15) is 23.2 Å². The van der Waals surface area contributed by atoms with E-state index in [-0.39, 0.29) is 16.6 Å². The molecular weight excluding hydrogens is 274 g/mol. The highest BCUT2D eigenvalue weighted by molar-refractivity contribution is 6.30. The highest BCUT2D eigenvalue weighted by Crippen LogP contribution is 2.24. The number of hydrogen-bond acceptors (Lipinski definition) is 2. The van der Waals surface area contributed by atoms with E-state index < -0.39 is 17.5 Å². The van der Waals surface area contributed by atoms with Crippen LogP contribution in [0.3, 0.4) is 0 Å². The van der Waals surface area contributed by atoms with Gasteiger partial charge in [0.15, 0.2) is 0 Å². The Bertz CT molecular complexity index is 496. The molecule has 1 aliphatic rings. The molecule has 1 aromatic carbocycles. The molecule has 1 fully saturated rings. The zero-order valence-corrected chi connectivity index (χ0v) is 11.3. The van der Waals surface area contributed by atoms with Crippen LogP contribution in [0.4, 0.5) is 8.78 Å². The zero-order valence-electron chi connectivity index (χ0n) is 10.5. The van der Waals surface area contributed by atoms with Crippen LogP contribution in [0.25, 0.3) is 0 Å². The van der Waals surface area contributed by atoms with E-state index in [1.165, 1.54) is 0 Å². The normalized spacial score (nSPS) is 18.9. The monoisotopic (exact) mass is 288 g/mol. The molecule has 1 aromatic rings. The predicted octanol–water partition coefficient (Wildman–Crippen LogP) is 2.44. The summed E-state index contributed by atoms with van der Waals surface area (Å²) in [7, 11) is 1.80. The van der Waals surface area contributed by atoms with E-state index in [4.69, 9.17) is 11.6 Å². The molecule has 3 nitrogen and oxygen atoms in total. The Morgan fingerprint density at radius 3 is 2.89 bits per heavy atom. The van der Waals surface area contributed by atoms with Gasteiger partial charge in [0, 0.05) is 19.1 Å². The van der Waals surface area contributed by atoms with Gasteiger partial charge < -0.3 is 10.2 Å². The highest BCUT2D eigenvalue weighted by Gasteiger charge is 2.30. The third kappa shape index (κ3) is 2.87. The molecule has 0 spiro atoms. The maximum Gasteiger partial charge on any atom is 0.257 e. The molecule has 0 bridgehead atoms. The van der Waals surface area contributed by atoms with Gasteiger partial charge >= 0.3 is 0 Å². The smallest absolute Gasteiger partial charge is 0.257 e. The third-order valence-corrected chi connectivity index (χ3v) is 3.61. The fourth-order valence-corrected chi connectivity index (χ4v) is 2.54. The Labute approximate surface area is 115 Å². The highest BCUT2D eigenvalue weighted by atomic mass is 35.5. The second-order valence-corrected chi connectivity index (χ2v) is 5.01. The minimum Gasteiger partial charge on any atom is -0.334 e. The number of nitrogens with one attached hydrogen (secondary N) is 1. The van der Waals surface area contributed by atoms with E-state index in [0.717, 1.165) is 25.0 Å². The number of rotatable bonds is 3. The van der Waals surface area contributed by atoms with Gasteiger partial charge in [0.2, 0.25) is 0 Å². The number of likely N-dealkylation sites (tertiary alicyclic amines) is 1. The van der Waals surface area contributed by atoms with Crippen molar-refractivity contribution in [2.24, 2.45) is 0 Å². The van der Waals surface area contributed by atoms with Gasteiger partial charge in [-0.3, -0.25) is 4.79 Å². The van der Waals surface area contributed by atoms with Gasteiger partial charge in [-0.1, -0.05) is 11.6 Å². The first kappa shape index (κ1) is 14.2. The maximum atomic E-state index is 13.7. The average Bonchev–Trinajstić information content (AvgIpc) is 2.82. The van der Waals surface area contributed by atoms with Crippen LogP contribution in [0.15, 0.2) is 12.1 Å². The van der Waals surface area contributed by atoms with Crippen LogP contribution in [0.2, 0.25) is 5.02 Å². The Morgan fingerprint density at radius 1 is 1.47 bits per heavy atom. The summed E-state index contributed by atoms with van der Waals surface area (Å²) in [4.78, 5) is 13.9. The average molecular weight is 289 g/mol. The Kier molecular flexibility index (Phi) is 4.37. The molecule has 1 amide bonds. The van der Waals surface area contributed by atoms with Crippen molar-refractivity contribution in [2.45, 2.75) is 18.9 Å². The molecule has 2 rings (SSSR count). The number of carbonyl (C=O) groups excluding carboxylic acids is 1. The van der Waals surface area contributed by atoms with E-state index in [1.807, 2.05) is 0 Å². The number of likely N-dealkylation sites (N-methyl/N-ethyl adjacent to an activating group) is 1. The lowest BCUT2D eigenvalue weighted by Crippen LogP contribution is -2.41.